The van der Waals surface area contributed by atoms with Crippen LogP contribution >= 0.6 is 11.8 Å². The smallest absolute Gasteiger partial charge is 0.408 e. The topological polar surface area (TPSA) is 108 Å². The molecule has 198 valence electrons. The van der Waals surface area contributed by atoms with E-state index in [4.69, 9.17) is 4.74 Å². The molecule has 0 aromatic heterocycles. The average molecular weight is 510 g/mol. The van der Waals surface area contributed by atoms with Gasteiger partial charge in [0.2, 0.25) is 11.8 Å². The van der Waals surface area contributed by atoms with E-state index in [2.05, 4.69) is 10.6 Å². The Labute approximate surface area is 214 Å². The van der Waals surface area contributed by atoms with Gasteiger partial charge in [0.05, 0.1) is 0 Å². The summed E-state index contributed by atoms with van der Waals surface area (Å²) in [5.74, 6) is -0.00157. The number of aromatic hydroxyl groups is 1. The monoisotopic (exact) mass is 509 g/mol. The van der Waals surface area contributed by atoms with Gasteiger partial charge in [0.1, 0.15) is 23.4 Å². The summed E-state index contributed by atoms with van der Waals surface area (Å²) in [7, 11) is 0. The number of nitrogens with one attached hydrogen (secondary N) is 2. The first-order valence-electron chi connectivity index (χ1n) is 12.0. The Hall–Kier alpha value is -2.42. The van der Waals surface area contributed by atoms with E-state index >= 15 is 0 Å². The van der Waals surface area contributed by atoms with Gasteiger partial charge in [0.25, 0.3) is 0 Å². The van der Waals surface area contributed by atoms with Crippen LogP contribution in [0.25, 0.3) is 0 Å². The van der Waals surface area contributed by atoms with Gasteiger partial charge in [-0.15, -0.1) is 0 Å². The summed E-state index contributed by atoms with van der Waals surface area (Å²) < 4.78 is 5.41. The molecular formula is C26H43N3O5S. The number of phenolic OH excluding ortho intramolecular Hbond substituents is 1. The standard InChI is InChI=1S/C26H43N3O5S/c1-10-26(7,8)29(21(22(31)27-17(2)3)18-11-13-19(30)14-12-18)23(32)20(15-16-35-9)28-24(33)34-25(4,5)6/h11-14,17,20-21,30H,10,15-16H2,1-9H3,(H,27,31)(H,28,33). The molecule has 0 spiro atoms. The number of carbonyl (C=O) groups excluding carboxylic acids is 3. The Morgan fingerprint density at radius 2 is 1.63 bits per heavy atom. The molecule has 1 aromatic carbocycles. The molecule has 0 bridgehead atoms. The molecule has 0 saturated carbocycles. The van der Waals surface area contributed by atoms with Crippen molar-refractivity contribution >= 4 is 29.7 Å². The fourth-order valence-electron chi connectivity index (χ4n) is 3.49. The number of rotatable bonds is 11. The van der Waals surface area contributed by atoms with Crippen molar-refractivity contribution in [3.8, 4) is 5.75 Å². The summed E-state index contributed by atoms with van der Waals surface area (Å²) in [6.07, 6.45) is 2.20. The van der Waals surface area contributed by atoms with E-state index in [0.29, 0.717) is 24.2 Å². The maximum absolute atomic E-state index is 14.1. The molecule has 0 saturated heterocycles. The third-order valence-electron chi connectivity index (χ3n) is 5.50. The Morgan fingerprint density at radius 1 is 1.06 bits per heavy atom. The number of nitrogens with zero attached hydrogens (tertiary/aromatic N) is 1. The van der Waals surface area contributed by atoms with Crippen molar-refractivity contribution in [2.45, 2.75) is 97.5 Å². The Morgan fingerprint density at radius 3 is 2.09 bits per heavy atom. The predicted octanol–water partition coefficient (Wildman–Crippen LogP) is 4.62. The second-order valence-corrected chi connectivity index (χ2v) is 11.5. The first kappa shape index (κ1) is 30.6. The average Bonchev–Trinajstić information content (AvgIpc) is 2.73. The van der Waals surface area contributed by atoms with Crippen molar-refractivity contribution in [3.05, 3.63) is 29.8 Å². The number of amides is 3. The first-order valence-corrected chi connectivity index (χ1v) is 13.4. The lowest BCUT2D eigenvalue weighted by Crippen LogP contribution is -2.59. The molecule has 0 aliphatic heterocycles. The Bertz CT molecular complexity index is 850. The summed E-state index contributed by atoms with van der Waals surface area (Å²) in [4.78, 5) is 41.8. The molecule has 1 aromatic rings. The number of phenols is 1. The van der Waals surface area contributed by atoms with Gasteiger partial charge < -0.3 is 25.4 Å². The zero-order valence-electron chi connectivity index (χ0n) is 22.6. The van der Waals surface area contributed by atoms with Crippen molar-refractivity contribution in [1.82, 2.24) is 15.5 Å². The van der Waals surface area contributed by atoms with Gasteiger partial charge in [-0.1, -0.05) is 19.1 Å². The molecule has 2 atom stereocenters. The zero-order chi connectivity index (χ0) is 27.0. The third kappa shape index (κ3) is 9.63. The highest BCUT2D eigenvalue weighted by Crippen LogP contribution is 2.33. The lowest BCUT2D eigenvalue weighted by Gasteiger charge is -2.44. The number of hydrogen-bond acceptors (Lipinski definition) is 6. The largest absolute Gasteiger partial charge is 0.508 e. The second-order valence-electron chi connectivity index (χ2n) is 10.5. The lowest BCUT2D eigenvalue weighted by molar-refractivity contribution is -0.149. The van der Waals surface area contributed by atoms with E-state index < -0.39 is 29.3 Å². The molecule has 2 unspecified atom stereocenters. The molecule has 0 heterocycles. The van der Waals surface area contributed by atoms with Crippen LogP contribution in [-0.2, 0) is 14.3 Å². The summed E-state index contributed by atoms with van der Waals surface area (Å²) in [5, 5.41) is 15.5. The minimum absolute atomic E-state index is 0.0637. The van der Waals surface area contributed by atoms with Crippen LogP contribution in [0.15, 0.2) is 24.3 Å². The van der Waals surface area contributed by atoms with Gasteiger partial charge >= 0.3 is 6.09 Å². The number of carbonyl (C=O) groups is 3. The van der Waals surface area contributed by atoms with E-state index in [1.54, 1.807) is 49.6 Å². The van der Waals surface area contributed by atoms with Gasteiger partial charge in [-0.3, -0.25) is 9.59 Å². The normalized spacial score (nSPS) is 13.7. The van der Waals surface area contributed by atoms with Crippen molar-refractivity contribution in [2.24, 2.45) is 0 Å². The van der Waals surface area contributed by atoms with Crippen LogP contribution in [0.5, 0.6) is 5.75 Å². The van der Waals surface area contributed by atoms with Crippen molar-refractivity contribution < 1.29 is 24.2 Å². The quantitative estimate of drug-likeness (QED) is 0.402. The minimum atomic E-state index is -0.960. The van der Waals surface area contributed by atoms with E-state index in [1.807, 2.05) is 40.9 Å². The van der Waals surface area contributed by atoms with E-state index in [0.717, 1.165) is 0 Å². The molecule has 1 rings (SSSR count). The summed E-state index contributed by atoms with van der Waals surface area (Å²) in [6.45, 7) is 14.7. The SMILES string of the molecule is CCC(C)(C)N(C(=O)C(CCSC)NC(=O)OC(C)(C)C)C(C(=O)NC(C)C)c1ccc(O)cc1. The van der Waals surface area contributed by atoms with Gasteiger partial charge in [-0.05, 0) is 91.0 Å². The van der Waals surface area contributed by atoms with Crippen LogP contribution in [0, 0.1) is 0 Å². The predicted molar refractivity (Wildman–Crippen MR) is 141 cm³/mol. The molecular weight excluding hydrogens is 466 g/mol. The Balaban J connectivity index is 3.57. The third-order valence-corrected chi connectivity index (χ3v) is 6.14. The number of hydrogen-bond donors (Lipinski definition) is 3. The summed E-state index contributed by atoms with van der Waals surface area (Å²) in [6, 6.07) is 4.30. The van der Waals surface area contributed by atoms with Gasteiger partial charge in [-0.25, -0.2) is 4.79 Å². The zero-order valence-corrected chi connectivity index (χ0v) is 23.4. The fourth-order valence-corrected chi connectivity index (χ4v) is 3.97. The highest BCUT2D eigenvalue weighted by Gasteiger charge is 2.43. The highest BCUT2D eigenvalue weighted by molar-refractivity contribution is 7.98. The molecule has 35 heavy (non-hydrogen) atoms. The van der Waals surface area contributed by atoms with Crippen molar-refractivity contribution in [3.63, 3.8) is 0 Å². The molecule has 8 nitrogen and oxygen atoms in total. The number of ether oxygens (including phenoxy) is 1. The maximum atomic E-state index is 14.1. The van der Waals surface area contributed by atoms with Crippen molar-refractivity contribution in [2.75, 3.05) is 12.0 Å². The van der Waals surface area contributed by atoms with Crippen LogP contribution < -0.4 is 10.6 Å². The van der Waals surface area contributed by atoms with E-state index in [-0.39, 0.29) is 23.6 Å². The molecule has 0 aliphatic rings. The van der Waals surface area contributed by atoms with Gasteiger partial charge in [0, 0.05) is 11.6 Å². The lowest BCUT2D eigenvalue weighted by atomic mass is 9.91. The summed E-state index contributed by atoms with van der Waals surface area (Å²) in [5.41, 5.74) is -0.872. The van der Waals surface area contributed by atoms with Crippen molar-refractivity contribution in [1.29, 1.82) is 0 Å². The molecule has 0 radical (unpaired) electrons. The van der Waals surface area contributed by atoms with Crippen LogP contribution in [-0.4, -0.2) is 63.1 Å². The van der Waals surface area contributed by atoms with Crippen LogP contribution in [0.2, 0.25) is 0 Å². The van der Waals surface area contributed by atoms with E-state index in [9.17, 15) is 19.5 Å². The molecule has 9 heteroatoms. The van der Waals surface area contributed by atoms with Crippen LogP contribution in [0.4, 0.5) is 4.79 Å². The van der Waals surface area contributed by atoms with E-state index in [1.165, 1.54) is 12.1 Å². The minimum Gasteiger partial charge on any atom is -0.508 e. The second kappa shape index (κ2) is 13.0. The number of benzene rings is 1. The number of alkyl carbamates (subject to hydrolysis) is 1. The maximum Gasteiger partial charge on any atom is 0.408 e. The fraction of sp³-hybridized carbons (Fsp3) is 0.654. The van der Waals surface area contributed by atoms with Gasteiger partial charge in [0.15, 0.2) is 0 Å². The van der Waals surface area contributed by atoms with Crippen LogP contribution in [0.1, 0.15) is 79.8 Å². The van der Waals surface area contributed by atoms with Crippen LogP contribution in [0.3, 0.4) is 0 Å². The first-order chi connectivity index (χ1) is 16.1. The van der Waals surface area contributed by atoms with Gasteiger partial charge in [-0.2, -0.15) is 11.8 Å². The molecule has 0 fully saturated rings. The summed E-state index contributed by atoms with van der Waals surface area (Å²) >= 11 is 1.56. The molecule has 3 N–H and O–H groups in total. The number of thioether (sulfide) groups is 1. The Kier molecular flexibility index (Phi) is 11.4. The highest BCUT2D eigenvalue weighted by atomic mass is 32.2. The molecule has 0 aliphatic carbocycles. The molecule has 3 amide bonds.